The van der Waals surface area contributed by atoms with Crippen molar-refractivity contribution >= 4 is 10.0 Å². The molecule has 1 aromatic carbocycles. The largest absolute Gasteiger partial charge is 0.487 e. The third-order valence-electron chi connectivity index (χ3n) is 4.72. The molecule has 138 valence electrons. The highest BCUT2D eigenvalue weighted by atomic mass is 32.2. The molecule has 0 bridgehead atoms. The van der Waals surface area contributed by atoms with Crippen molar-refractivity contribution in [2.75, 3.05) is 13.1 Å². The molecule has 0 spiro atoms. The SMILES string of the molecule is CC1(C)Cc2cccc(S(=O)(=O)N3CC[C@@H](Oc4cccnc4)C3)c2O1. The molecule has 0 saturated carbocycles. The molecule has 2 aromatic rings. The summed E-state index contributed by atoms with van der Waals surface area (Å²) >= 11 is 0. The first kappa shape index (κ1) is 17.3. The molecule has 1 atom stereocenters. The zero-order valence-electron chi connectivity index (χ0n) is 14.9. The summed E-state index contributed by atoms with van der Waals surface area (Å²) in [5.41, 5.74) is 0.559. The molecule has 2 aliphatic rings. The molecule has 0 unspecified atom stereocenters. The summed E-state index contributed by atoms with van der Waals surface area (Å²) < 4.78 is 39.7. The summed E-state index contributed by atoms with van der Waals surface area (Å²) in [6.07, 6.45) is 4.49. The Balaban J connectivity index is 1.55. The lowest BCUT2D eigenvalue weighted by molar-refractivity contribution is 0.134. The van der Waals surface area contributed by atoms with Crippen LogP contribution in [0.25, 0.3) is 0 Å². The van der Waals surface area contributed by atoms with Gasteiger partial charge in [-0.2, -0.15) is 4.31 Å². The van der Waals surface area contributed by atoms with E-state index in [-0.39, 0.29) is 16.6 Å². The van der Waals surface area contributed by atoms with Crippen LogP contribution in [0.1, 0.15) is 25.8 Å². The molecule has 2 aliphatic heterocycles. The van der Waals surface area contributed by atoms with Crippen molar-refractivity contribution in [3.8, 4) is 11.5 Å². The van der Waals surface area contributed by atoms with Gasteiger partial charge >= 0.3 is 0 Å². The van der Waals surface area contributed by atoms with Gasteiger partial charge in [0.1, 0.15) is 28.1 Å². The molecule has 1 fully saturated rings. The summed E-state index contributed by atoms with van der Waals surface area (Å²) in [6, 6.07) is 8.97. The van der Waals surface area contributed by atoms with E-state index in [9.17, 15) is 8.42 Å². The first-order chi connectivity index (χ1) is 12.4. The maximum atomic E-state index is 13.2. The van der Waals surface area contributed by atoms with Crippen LogP contribution in [-0.4, -0.2) is 42.5 Å². The molecule has 3 heterocycles. The highest BCUT2D eigenvalue weighted by Gasteiger charge is 2.39. The van der Waals surface area contributed by atoms with Crippen molar-refractivity contribution in [1.82, 2.24) is 9.29 Å². The van der Waals surface area contributed by atoms with Crippen LogP contribution in [0.3, 0.4) is 0 Å². The second-order valence-electron chi connectivity index (χ2n) is 7.36. The van der Waals surface area contributed by atoms with Crippen molar-refractivity contribution in [3.05, 3.63) is 48.3 Å². The van der Waals surface area contributed by atoms with Crippen molar-refractivity contribution in [1.29, 1.82) is 0 Å². The van der Waals surface area contributed by atoms with Crippen LogP contribution in [0, 0.1) is 0 Å². The summed E-state index contributed by atoms with van der Waals surface area (Å²) in [5.74, 6) is 1.15. The average molecular weight is 374 g/mol. The van der Waals surface area contributed by atoms with Gasteiger partial charge in [-0.1, -0.05) is 12.1 Å². The number of benzene rings is 1. The normalized spacial score (nSPS) is 22.0. The number of aromatic nitrogens is 1. The van der Waals surface area contributed by atoms with E-state index in [1.807, 2.05) is 26.0 Å². The Morgan fingerprint density at radius 2 is 2.12 bits per heavy atom. The summed E-state index contributed by atoms with van der Waals surface area (Å²) in [5, 5.41) is 0. The third-order valence-corrected chi connectivity index (χ3v) is 6.61. The number of nitrogens with zero attached hydrogens (tertiary/aromatic N) is 2. The smallest absolute Gasteiger partial charge is 0.246 e. The number of fused-ring (bicyclic) bond motifs is 1. The van der Waals surface area contributed by atoms with Gasteiger partial charge in [0.2, 0.25) is 10.0 Å². The molecular formula is C19H22N2O4S. The van der Waals surface area contributed by atoms with E-state index in [0.717, 1.165) is 5.56 Å². The van der Waals surface area contributed by atoms with Crippen LogP contribution >= 0.6 is 0 Å². The Hall–Kier alpha value is -2.12. The first-order valence-electron chi connectivity index (χ1n) is 8.73. The fourth-order valence-electron chi connectivity index (χ4n) is 3.55. The van der Waals surface area contributed by atoms with Crippen molar-refractivity contribution in [2.45, 2.75) is 43.3 Å². The first-order valence-corrected chi connectivity index (χ1v) is 10.2. The molecule has 26 heavy (non-hydrogen) atoms. The number of para-hydroxylation sites is 1. The summed E-state index contributed by atoms with van der Waals surface area (Å²) in [6.45, 7) is 4.69. The molecule has 4 rings (SSSR count). The standard InChI is InChI=1S/C19H22N2O4S/c1-19(2)11-14-5-3-7-17(18(14)25-19)26(22,23)21-10-8-16(13-21)24-15-6-4-9-20-12-15/h3-7,9,12,16H,8,10-11,13H2,1-2H3/t16-/m1/s1. The average Bonchev–Trinajstić information content (AvgIpc) is 3.18. The van der Waals surface area contributed by atoms with E-state index < -0.39 is 10.0 Å². The zero-order chi connectivity index (χ0) is 18.4. The van der Waals surface area contributed by atoms with Crippen molar-refractivity contribution in [3.63, 3.8) is 0 Å². The monoisotopic (exact) mass is 374 g/mol. The van der Waals surface area contributed by atoms with E-state index in [1.54, 1.807) is 30.6 Å². The lowest BCUT2D eigenvalue weighted by Crippen LogP contribution is -2.31. The van der Waals surface area contributed by atoms with Gasteiger partial charge in [-0.3, -0.25) is 4.98 Å². The molecule has 7 heteroatoms. The van der Waals surface area contributed by atoms with E-state index >= 15 is 0 Å². The van der Waals surface area contributed by atoms with Crippen LogP contribution in [0.15, 0.2) is 47.6 Å². The number of rotatable bonds is 4. The number of sulfonamides is 1. The predicted octanol–water partition coefficient (Wildman–Crippen LogP) is 2.64. The second kappa shape index (κ2) is 6.25. The maximum absolute atomic E-state index is 13.2. The number of ether oxygens (including phenoxy) is 2. The Bertz CT molecular complexity index is 912. The fraction of sp³-hybridized carbons (Fsp3) is 0.421. The van der Waals surface area contributed by atoms with Gasteiger partial charge < -0.3 is 9.47 Å². The van der Waals surface area contributed by atoms with Crippen molar-refractivity contribution in [2.24, 2.45) is 0 Å². The third kappa shape index (κ3) is 3.17. The Kier molecular flexibility index (Phi) is 4.16. The maximum Gasteiger partial charge on any atom is 0.246 e. The predicted molar refractivity (Wildman–Crippen MR) is 96.9 cm³/mol. The molecule has 0 radical (unpaired) electrons. The molecule has 0 N–H and O–H groups in total. The van der Waals surface area contributed by atoms with Gasteiger partial charge in [-0.05, 0) is 44.0 Å². The lowest BCUT2D eigenvalue weighted by atomic mass is 10.0. The van der Waals surface area contributed by atoms with E-state index in [0.29, 0.717) is 37.4 Å². The zero-order valence-corrected chi connectivity index (χ0v) is 15.7. The van der Waals surface area contributed by atoms with Crippen LogP contribution in [-0.2, 0) is 16.4 Å². The number of hydrogen-bond acceptors (Lipinski definition) is 5. The van der Waals surface area contributed by atoms with Gasteiger partial charge in [0.05, 0.1) is 12.7 Å². The van der Waals surface area contributed by atoms with Crippen LogP contribution in [0.4, 0.5) is 0 Å². The molecule has 6 nitrogen and oxygen atoms in total. The Morgan fingerprint density at radius 3 is 2.88 bits per heavy atom. The quantitative estimate of drug-likeness (QED) is 0.823. The molecule has 0 amide bonds. The number of pyridine rings is 1. The highest BCUT2D eigenvalue weighted by molar-refractivity contribution is 7.89. The van der Waals surface area contributed by atoms with E-state index in [4.69, 9.17) is 9.47 Å². The molecule has 1 saturated heterocycles. The fourth-order valence-corrected chi connectivity index (χ4v) is 5.20. The van der Waals surface area contributed by atoms with Crippen LogP contribution in [0.5, 0.6) is 11.5 Å². The van der Waals surface area contributed by atoms with Gasteiger partial charge in [-0.15, -0.1) is 0 Å². The van der Waals surface area contributed by atoms with E-state index in [1.165, 1.54) is 4.31 Å². The van der Waals surface area contributed by atoms with Gasteiger partial charge in [0, 0.05) is 19.2 Å². The Morgan fingerprint density at radius 1 is 1.27 bits per heavy atom. The van der Waals surface area contributed by atoms with Gasteiger partial charge in [0.25, 0.3) is 0 Å². The summed E-state index contributed by atoms with van der Waals surface area (Å²) in [4.78, 5) is 4.27. The highest BCUT2D eigenvalue weighted by Crippen LogP contribution is 2.41. The molecule has 0 aliphatic carbocycles. The van der Waals surface area contributed by atoms with Gasteiger partial charge in [-0.25, -0.2) is 8.42 Å². The molecule has 1 aromatic heterocycles. The topological polar surface area (TPSA) is 68.7 Å². The lowest BCUT2D eigenvalue weighted by Gasteiger charge is -2.21. The minimum atomic E-state index is -3.63. The molecular weight excluding hydrogens is 352 g/mol. The summed E-state index contributed by atoms with van der Waals surface area (Å²) in [7, 11) is -3.63. The van der Waals surface area contributed by atoms with Crippen LogP contribution in [0.2, 0.25) is 0 Å². The van der Waals surface area contributed by atoms with Gasteiger partial charge in [0.15, 0.2) is 0 Å². The second-order valence-corrected chi connectivity index (χ2v) is 9.27. The Labute approximate surface area is 153 Å². The number of hydrogen-bond donors (Lipinski definition) is 0. The van der Waals surface area contributed by atoms with E-state index in [2.05, 4.69) is 4.98 Å². The van der Waals surface area contributed by atoms with Crippen molar-refractivity contribution < 1.29 is 17.9 Å². The minimum Gasteiger partial charge on any atom is -0.487 e. The van der Waals surface area contributed by atoms with Crippen LogP contribution < -0.4 is 9.47 Å². The minimum absolute atomic E-state index is 0.178.